The van der Waals surface area contributed by atoms with Gasteiger partial charge in [0, 0.05) is 41.0 Å². The second-order valence-corrected chi connectivity index (χ2v) is 14.2. The molecule has 4 bridgehead atoms. The van der Waals surface area contributed by atoms with Crippen LogP contribution >= 0.6 is 11.8 Å². The van der Waals surface area contributed by atoms with Gasteiger partial charge in [-0.05, 0) is 45.4 Å². The molecule has 5 heterocycles. The number of fused-ring (bicyclic) bond motifs is 9. The lowest BCUT2D eigenvalue weighted by Gasteiger charge is -2.62. The summed E-state index contributed by atoms with van der Waals surface area (Å²) in [6.45, 7) is 6.22. The SMILES string of the molecule is COc1c(C)cc2c(c1O)[C@@H]1C3[C@@H]4SC[C@H](NC(=O)C(C)N)C(=O)OC[C@H](c5c6c(c(C)c(OC(C)=O)c54)OCO6)N3[C@@H](O)[C@@H](C2)N1C. The Morgan fingerprint density at radius 1 is 1.15 bits per heavy atom. The fraction of sp³-hybridized carbons (Fsp3) is 0.545. The Balaban J connectivity index is 1.50. The van der Waals surface area contributed by atoms with Gasteiger partial charge in [0.05, 0.1) is 36.5 Å². The molecule has 2 aromatic rings. The first-order valence-electron chi connectivity index (χ1n) is 15.9. The van der Waals surface area contributed by atoms with Gasteiger partial charge in [0.15, 0.2) is 23.0 Å². The number of carbonyl (C=O) groups excluding carboxylic acids is 3. The highest BCUT2D eigenvalue weighted by atomic mass is 32.2. The number of benzene rings is 2. The van der Waals surface area contributed by atoms with Gasteiger partial charge in [-0.15, -0.1) is 11.8 Å². The molecular weight excluding hydrogens is 644 g/mol. The lowest BCUT2D eigenvalue weighted by atomic mass is 9.73. The molecule has 14 nitrogen and oxygen atoms in total. The minimum Gasteiger partial charge on any atom is -0.504 e. The second-order valence-electron chi connectivity index (χ2n) is 13.1. The van der Waals surface area contributed by atoms with Crippen molar-refractivity contribution in [2.24, 2.45) is 5.73 Å². The molecule has 7 rings (SSSR count). The number of hydrogen-bond donors (Lipinski definition) is 4. The average molecular weight is 685 g/mol. The highest BCUT2D eigenvalue weighted by Gasteiger charge is 2.60. The van der Waals surface area contributed by atoms with Crippen LogP contribution < -0.4 is 30.0 Å². The van der Waals surface area contributed by atoms with Crippen LogP contribution in [-0.2, 0) is 25.5 Å². The molecule has 2 aromatic carbocycles. The van der Waals surface area contributed by atoms with E-state index in [1.165, 1.54) is 32.7 Å². The van der Waals surface area contributed by atoms with Crippen LogP contribution in [0, 0.1) is 13.8 Å². The molecule has 5 aliphatic heterocycles. The molecule has 5 N–H and O–H groups in total. The Kier molecular flexibility index (Phi) is 8.18. The number of hydrogen-bond acceptors (Lipinski definition) is 14. The summed E-state index contributed by atoms with van der Waals surface area (Å²) in [7, 11) is 3.44. The first-order chi connectivity index (χ1) is 22.8. The quantitative estimate of drug-likeness (QED) is 0.269. The van der Waals surface area contributed by atoms with Gasteiger partial charge in [0.2, 0.25) is 12.7 Å². The van der Waals surface area contributed by atoms with Crippen LogP contribution in [0.25, 0.3) is 0 Å². The van der Waals surface area contributed by atoms with Crippen LogP contribution in [0.15, 0.2) is 6.07 Å². The fourth-order valence-corrected chi connectivity index (χ4v) is 9.69. The number of thioether (sulfide) groups is 1. The van der Waals surface area contributed by atoms with Crippen molar-refractivity contribution in [2.75, 3.05) is 33.3 Å². The summed E-state index contributed by atoms with van der Waals surface area (Å²) in [6.07, 6.45) is -0.601. The zero-order chi connectivity index (χ0) is 34.3. The van der Waals surface area contributed by atoms with E-state index in [0.29, 0.717) is 51.7 Å². The number of aryl methyl sites for hydroxylation is 1. The number of esters is 2. The number of piperazine rings is 1. The van der Waals surface area contributed by atoms with Gasteiger partial charge < -0.3 is 44.9 Å². The summed E-state index contributed by atoms with van der Waals surface area (Å²) in [5.74, 6) is -0.0949. The summed E-state index contributed by atoms with van der Waals surface area (Å²) >= 11 is 1.35. The van der Waals surface area contributed by atoms with E-state index in [-0.39, 0.29) is 30.9 Å². The van der Waals surface area contributed by atoms with Crippen LogP contribution in [0.3, 0.4) is 0 Å². The molecule has 258 valence electrons. The van der Waals surface area contributed by atoms with Crippen molar-refractivity contribution in [3.63, 3.8) is 0 Å². The van der Waals surface area contributed by atoms with E-state index in [1.54, 1.807) is 6.92 Å². The number of ether oxygens (including phenoxy) is 5. The fourth-order valence-electron chi connectivity index (χ4n) is 8.18. The van der Waals surface area contributed by atoms with Gasteiger partial charge in [-0.1, -0.05) is 6.07 Å². The summed E-state index contributed by atoms with van der Waals surface area (Å²) in [4.78, 5) is 42.9. The zero-order valence-electron chi connectivity index (χ0n) is 27.6. The van der Waals surface area contributed by atoms with Crippen molar-refractivity contribution in [1.29, 1.82) is 0 Å². The highest BCUT2D eigenvalue weighted by Crippen LogP contribution is 2.63. The second kappa shape index (κ2) is 12.0. The van der Waals surface area contributed by atoms with Crippen molar-refractivity contribution in [1.82, 2.24) is 15.1 Å². The molecule has 0 saturated carbocycles. The number of carbonyl (C=O) groups is 3. The Labute approximate surface area is 281 Å². The Morgan fingerprint density at radius 3 is 2.56 bits per heavy atom. The van der Waals surface area contributed by atoms with Gasteiger partial charge in [-0.2, -0.15) is 0 Å². The maximum Gasteiger partial charge on any atom is 0.329 e. The standard InChI is InChI=1S/C33H40N4O10S/c1-12-7-16-8-18-32(41)37-19-9-44-33(42)17(35-31(40)14(3)34)10-48-30(24(37)23(36(18)5)20(16)25(39)26(12)43-6)22-21(19)29-28(45-11-46-29)13(2)27(22)47-15(4)38/h7,14,17-19,23-24,30,32,39,41H,8-11,34H2,1-6H3,(H,35,40)/t14?,17-,18+,19+,23+,24?,30+,32-/m0/s1. The van der Waals surface area contributed by atoms with Gasteiger partial charge in [0.25, 0.3) is 0 Å². The van der Waals surface area contributed by atoms with E-state index in [0.717, 1.165) is 11.1 Å². The topological polar surface area (TPSA) is 182 Å². The molecule has 0 aliphatic carbocycles. The normalized spacial score (nSPS) is 29.6. The number of phenolic OH excluding ortho intramolecular Hbond substituents is 1. The number of aliphatic hydroxyl groups is 1. The predicted octanol–water partition coefficient (Wildman–Crippen LogP) is 1.49. The number of phenols is 1. The smallest absolute Gasteiger partial charge is 0.329 e. The van der Waals surface area contributed by atoms with Crippen molar-refractivity contribution < 1.29 is 48.3 Å². The minimum atomic E-state index is -1.04. The number of aliphatic hydroxyl groups excluding tert-OH is 1. The van der Waals surface area contributed by atoms with Crippen LogP contribution in [-0.4, -0.2) is 102 Å². The molecule has 5 aliphatic rings. The van der Waals surface area contributed by atoms with E-state index in [9.17, 15) is 24.6 Å². The third-order valence-electron chi connectivity index (χ3n) is 10.2. The highest BCUT2D eigenvalue weighted by molar-refractivity contribution is 7.99. The molecule has 0 radical (unpaired) electrons. The first-order valence-corrected chi connectivity index (χ1v) is 17.0. The number of nitrogens with zero attached hydrogens (tertiary/aromatic N) is 2. The van der Waals surface area contributed by atoms with Crippen molar-refractivity contribution in [3.05, 3.63) is 39.4 Å². The Bertz CT molecular complexity index is 1720. The van der Waals surface area contributed by atoms with Gasteiger partial charge >= 0.3 is 11.9 Å². The number of cyclic esters (lactones) is 1. The number of likely N-dealkylation sites (N-methyl/N-ethyl adjacent to an activating group) is 1. The van der Waals surface area contributed by atoms with Crippen molar-refractivity contribution in [3.8, 4) is 28.7 Å². The summed E-state index contributed by atoms with van der Waals surface area (Å²) < 4.78 is 29.5. The van der Waals surface area contributed by atoms with Gasteiger partial charge in [-0.3, -0.25) is 19.4 Å². The predicted molar refractivity (Wildman–Crippen MR) is 172 cm³/mol. The van der Waals surface area contributed by atoms with E-state index < -0.39 is 59.5 Å². The summed E-state index contributed by atoms with van der Waals surface area (Å²) in [5.41, 5.74) is 9.98. The number of amides is 1. The molecule has 0 spiro atoms. The number of rotatable bonds is 4. The minimum absolute atomic E-state index is 0.0212. The number of nitrogens with two attached hydrogens (primary N) is 1. The Hall–Kier alpha value is -3.76. The molecule has 48 heavy (non-hydrogen) atoms. The van der Waals surface area contributed by atoms with Crippen LogP contribution in [0.1, 0.15) is 64.6 Å². The lowest BCUT2D eigenvalue weighted by molar-refractivity contribution is -0.184. The van der Waals surface area contributed by atoms with Crippen molar-refractivity contribution >= 4 is 29.6 Å². The molecular formula is C33H40N4O10S. The van der Waals surface area contributed by atoms with E-state index in [4.69, 9.17) is 29.4 Å². The first kappa shape index (κ1) is 32.8. The van der Waals surface area contributed by atoms with Crippen molar-refractivity contribution in [2.45, 2.75) is 81.8 Å². The molecule has 1 amide bonds. The molecule has 2 unspecified atom stereocenters. The number of nitrogens with one attached hydrogen (secondary N) is 1. The van der Waals surface area contributed by atoms with Crippen LogP contribution in [0.5, 0.6) is 28.7 Å². The number of methoxy groups -OCH3 is 1. The third kappa shape index (κ3) is 4.81. The maximum atomic E-state index is 13.5. The monoisotopic (exact) mass is 684 g/mol. The van der Waals surface area contributed by atoms with Crippen LogP contribution in [0.2, 0.25) is 0 Å². The van der Waals surface area contributed by atoms with E-state index >= 15 is 0 Å². The molecule has 0 aromatic heterocycles. The van der Waals surface area contributed by atoms with Gasteiger partial charge in [-0.25, -0.2) is 4.79 Å². The summed E-state index contributed by atoms with van der Waals surface area (Å²) in [6, 6.07) is -2.14. The maximum absolute atomic E-state index is 13.5. The molecule has 8 atom stereocenters. The zero-order valence-corrected chi connectivity index (χ0v) is 28.4. The number of aromatic hydroxyl groups is 1. The van der Waals surface area contributed by atoms with Crippen LogP contribution in [0.4, 0.5) is 0 Å². The molecule has 2 fully saturated rings. The van der Waals surface area contributed by atoms with Gasteiger partial charge in [0.1, 0.15) is 24.6 Å². The van der Waals surface area contributed by atoms with E-state index in [1.807, 2.05) is 24.9 Å². The Morgan fingerprint density at radius 2 is 1.88 bits per heavy atom. The average Bonchev–Trinajstić information content (AvgIpc) is 3.52. The third-order valence-corrected chi connectivity index (χ3v) is 11.6. The largest absolute Gasteiger partial charge is 0.504 e. The summed E-state index contributed by atoms with van der Waals surface area (Å²) in [5, 5.41) is 26.2. The van der Waals surface area contributed by atoms with E-state index in [2.05, 4.69) is 10.2 Å². The molecule has 2 saturated heterocycles. The molecule has 15 heteroatoms. The lowest BCUT2D eigenvalue weighted by Crippen LogP contribution is -2.69.